The Hall–Kier alpha value is -1.45. The number of carbonyl (C=O) groups is 1. The molecule has 1 amide bonds. The molecule has 0 aromatic carbocycles. The molecule has 0 fully saturated rings. The number of alkyl carbamates (subject to hydrolysis) is 1. The Balaban J connectivity index is 2.00. The summed E-state index contributed by atoms with van der Waals surface area (Å²) < 4.78 is 5.27. The normalized spacial score (nSPS) is 19.6. The molecule has 2 N–H and O–H groups in total. The van der Waals surface area contributed by atoms with E-state index in [1.54, 1.807) is 0 Å². The third-order valence-corrected chi connectivity index (χ3v) is 2.87. The summed E-state index contributed by atoms with van der Waals surface area (Å²) in [6, 6.07) is 0.0832. The second-order valence-corrected chi connectivity index (χ2v) is 5.53. The first-order chi connectivity index (χ1) is 7.96. The van der Waals surface area contributed by atoms with Crippen molar-refractivity contribution in [2.24, 2.45) is 0 Å². The average molecular weight is 236 g/mol. The lowest BCUT2D eigenvalue weighted by atomic mass is 9.91. The van der Waals surface area contributed by atoms with E-state index in [2.05, 4.69) is 10.3 Å². The summed E-state index contributed by atoms with van der Waals surface area (Å²) in [4.78, 5) is 14.8. The van der Waals surface area contributed by atoms with Crippen molar-refractivity contribution in [3.63, 3.8) is 0 Å². The fraction of sp³-hybridized carbons (Fsp3) is 0.615. The maximum absolute atomic E-state index is 11.7. The van der Waals surface area contributed by atoms with Gasteiger partial charge >= 0.3 is 6.09 Å². The number of amides is 1. The average Bonchev–Trinajstić information content (AvgIpc) is 2.63. The van der Waals surface area contributed by atoms with Gasteiger partial charge in [-0.3, -0.25) is 0 Å². The van der Waals surface area contributed by atoms with Crippen molar-refractivity contribution in [2.45, 2.75) is 51.7 Å². The van der Waals surface area contributed by atoms with Gasteiger partial charge in [-0.25, -0.2) is 4.79 Å². The van der Waals surface area contributed by atoms with E-state index in [0.29, 0.717) is 0 Å². The first-order valence-corrected chi connectivity index (χ1v) is 6.11. The van der Waals surface area contributed by atoms with Gasteiger partial charge < -0.3 is 15.0 Å². The molecule has 0 saturated heterocycles. The van der Waals surface area contributed by atoms with Crippen LogP contribution in [-0.4, -0.2) is 16.7 Å². The molecule has 1 aromatic heterocycles. The largest absolute Gasteiger partial charge is 0.444 e. The van der Waals surface area contributed by atoms with E-state index in [1.807, 2.05) is 33.2 Å². The lowest BCUT2D eigenvalue weighted by Crippen LogP contribution is -2.35. The molecule has 0 radical (unpaired) electrons. The number of aromatic amines is 1. The van der Waals surface area contributed by atoms with Crippen molar-refractivity contribution >= 4 is 6.09 Å². The van der Waals surface area contributed by atoms with Crippen LogP contribution in [0.5, 0.6) is 0 Å². The van der Waals surface area contributed by atoms with Gasteiger partial charge in [0.2, 0.25) is 0 Å². The summed E-state index contributed by atoms with van der Waals surface area (Å²) in [5.41, 5.74) is 2.05. The smallest absolute Gasteiger partial charge is 0.408 e. The lowest BCUT2D eigenvalue weighted by molar-refractivity contribution is 0.0499. The Morgan fingerprint density at radius 3 is 2.94 bits per heavy atom. The van der Waals surface area contributed by atoms with Gasteiger partial charge in [0, 0.05) is 12.4 Å². The van der Waals surface area contributed by atoms with Crippen molar-refractivity contribution in [2.75, 3.05) is 0 Å². The monoisotopic (exact) mass is 236 g/mol. The fourth-order valence-electron chi connectivity index (χ4n) is 2.20. The lowest BCUT2D eigenvalue weighted by Gasteiger charge is -2.26. The highest BCUT2D eigenvalue weighted by molar-refractivity contribution is 5.68. The number of carbonyl (C=O) groups excluding carboxylic acids is 1. The van der Waals surface area contributed by atoms with E-state index in [9.17, 15) is 4.79 Å². The Kier molecular flexibility index (Phi) is 3.13. The van der Waals surface area contributed by atoms with Crippen molar-refractivity contribution in [3.8, 4) is 0 Å². The van der Waals surface area contributed by atoms with Crippen molar-refractivity contribution in [1.29, 1.82) is 0 Å². The van der Waals surface area contributed by atoms with Crippen LogP contribution in [0.2, 0.25) is 0 Å². The van der Waals surface area contributed by atoms with Gasteiger partial charge in [0.05, 0.1) is 6.04 Å². The van der Waals surface area contributed by atoms with Gasteiger partial charge in [0.1, 0.15) is 5.60 Å². The second kappa shape index (κ2) is 4.43. The minimum absolute atomic E-state index is 0.0832. The molecule has 1 unspecified atom stereocenters. The first kappa shape index (κ1) is 12.0. The third kappa shape index (κ3) is 3.02. The van der Waals surface area contributed by atoms with Crippen LogP contribution in [-0.2, 0) is 11.2 Å². The van der Waals surface area contributed by atoms with Gasteiger partial charge in [0.15, 0.2) is 0 Å². The molecule has 4 nitrogen and oxygen atoms in total. The highest BCUT2D eigenvalue weighted by Gasteiger charge is 2.24. The molecular formula is C13H20N2O2. The van der Waals surface area contributed by atoms with Crippen molar-refractivity contribution in [1.82, 2.24) is 10.3 Å². The molecule has 2 rings (SSSR count). The molecule has 1 aliphatic rings. The van der Waals surface area contributed by atoms with E-state index in [4.69, 9.17) is 4.74 Å². The standard InChI is InChI=1S/C13H20N2O2/c1-13(2,3)17-12(16)15-11-6-4-5-9-7-14-8-10(9)11/h7-8,11,14H,4-6H2,1-3H3,(H,15,16). The number of hydrogen-bond donors (Lipinski definition) is 2. The second-order valence-electron chi connectivity index (χ2n) is 5.53. The van der Waals surface area contributed by atoms with Crippen LogP contribution in [0.3, 0.4) is 0 Å². The van der Waals surface area contributed by atoms with Gasteiger partial charge in [-0.1, -0.05) is 0 Å². The van der Waals surface area contributed by atoms with E-state index in [-0.39, 0.29) is 12.1 Å². The molecule has 0 saturated carbocycles. The van der Waals surface area contributed by atoms with E-state index in [0.717, 1.165) is 19.3 Å². The molecule has 94 valence electrons. The van der Waals surface area contributed by atoms with Gasteiger partial charge in [-0.15, -0.1) is 0 Å². The van der Waals surface area contributed by atoms with E-state index < -0.39 is 5.60 Å². The molecule has 0 spiro atoms. The van der Waals surface area contributed by atoms with Crippen LogP contribution in [0.15, 0.2) is 12.4 Å². The number of nitrogens with one attached hydrogen (secondary N) is 2. The number of ether oxygens (including phenoxy) is 1. The highest BCUT2D eigenvalue weighted by Crippen LogP contribution is 2.29. The summed E-state index contributed by atoms with van der Waals surface area (Å²) in [7, 11) is 0. The van der Waals surface area contributed by atoms with Crippen LogP contribution >= 0.6 is 0 Å². The molecule has 0 bridgehead atoms. The Morgan fingerprint density at radius 1 is 1.47 bits per heavy atom. The van der Waals surface area contributed by atoms with Crippen molar-refractivity contribution in [3.05, 3.63) is 23.5 Å². The Labute approximate surface area is 102 Å². The van der Waals surface area contributed by atoms with E-state index in [1.165, 1.54) is 11.1 Å². The van der Waals surface area contributed by atoms with Gasteiger partial charge in [-0.05, 0) is 51.2 Å². The van der Waals surface area contributed by atoms with Crippen LogP contribution in [0.1, 0.15) is 50.8 Å². The predicted octanol–water partition coefficient (Wildman–Crippen LogP) is 2.92. The SMILES string of the molecule is CC(C)(C)OC(=O)NC1CCCc2c[nH]cc21. The van der Waals surface area contributed by atoms with Gasteiger partial charge in [-0.2, -0.15) is 0 Å². The minimum atomic E-state index is -0.445. The molecule has 17 heavy (non-hydrogen) atoms. The summed E-state index contributed by atoms with van der Waals surface area (Å²) >= 11 is 0. The maximum atomic E-state index is 11.7. The Bertz CT molecular complexity index is 404. The first-order valence-electron chi connectivity index (χ1n) is 6.11. The molecule has 1 aliphatic carbocycles. The zero-order valence-corrected chi connectivity index (χ0v) is 10.7. The third-order valence-electron chi connectivity index (χ3n) is 2.87. The molecule has 1 atom stereocenters. The molecule has 1 aromatic rings. The molecule has 1 heterocycles. The van der Waals surface area contributed by atoms with Crippen LogP contribution in [0.25, 0.3) is 0 Å². The molecule has 0 aliphatic heterocycles. The maximum Gasteiger partial charge on any atom is 0.408 e. The van der Waals surface area contributed by atoms with Crippen molar-refractivity contribution < 1.29 is 9.53 Å². The topological polar surface area (TPSA) is 54.1 Å². The van der Waals surface area contributed by atoms with E-state index >= 15 is 0 Å². The number of aromatic nitrogens is 1. The summed E-state index contributed by atoms with van der Waals surface area (Å²) in [5, 5.41) is 2.94. The predicted molar refractivity (Wildman–Crippen MR) is 65.8 cm³/mol. The summed E-state index contributed by atoms with van der Waals surface area (Å²) in [6.45, 7) is 5.61. The number of H-pyrrole nitrogens is 1. The van der Waals surface area contributed by atoms with Crippen LogP contribution in [0.4, 0.5) is 4.79 Å². The number of aryl methyl sites for hydroxylation is 1. The minimum Gasteiger partial charge on any atom is -0.444 e. The zero-order chi connectivity index (χ0) is 12.5. The van der Waals surface area contributed by atoms with Crippen LogP contribution < -0.4 is 5.32 Å². The molecule has 4 heteroatoms. The highest BCUT2D eigenvalue weighted by atomic mass is 16.6. The zero-order valence-electron chi connectivity index (χ0n) is 10.7. The van der Waals surface area contributed by atoms with Gasteiger partial charge in [0.25, 0.3) is 0 Å². The quantitative estimate of drug-likeness (QED) is 0.787. The molecular weight excluding hydrogens is 216 g/mol. The Morgan fingerprint density at radius 2 is 2.24 bits per heavy atom. The summed E-state index contributed by atoms with van der Waals surface area (Å²) in [6.07, 6.45) is 6.81. The number of rotatable bonds is 1. The van der Waals surface area contributed by atoms with Crippen LogP contribution in [0, 0.1) is 0 Å². The number of hydrogen-bond acceptors (Lipinski definition) is 2. The summed E-state index contributed by atoms with van der Waals surface area (Å²) in [5.74, 6) is 0. The fourth-order valence-corrected chi connectivity index (χ4v) is 2.20. The number of fused-ring (bicyclic) bond motifs is 1.